The maximum absolute atomic E-state index is 14.4. The molecular weight excluding hydrogens is 637 g/mol. The second-order valence-corrected chi connectivity index (χ2v) is 14.5. The predicted molar refractivity (Wildman–Crippen MR) is 207 cm³/mol. The topological polar surface area (TPSA) is 50.5 Å². The number of nitrogens with zero attached hydrogens (tertiary/aromatic N) is 4. The number of rotatable bonds is 4. The molecule has 1 aliphatic heterocycles. The molecule has 2 aromatic heterocycles. The fourth-order valence-corrected chi connectivity index (χ4v) is 10.0. The van der Waals surface area contributed by atoms with Crippen LogP contribution in [0.5, 0.6) is 0 Å². The second-order valence-electron chi connectivity index (χ2n) is 14.1. The largest absolute Gasteiger partial charge is 0.344 e. The number of aryl methyl sites for hydroxylation is 2. The van der Waals surface area contributed by atoms with Crippen LogP contribution in [-0.2, 0) is 23.7 Å². The molecule has 4 atom stereocenters. The van der Waals surface area contributed by atoms with E-state index < -0.39 is 11.8 Å². The molecule has 3 aliphatic rings. The van der Waals surface area contributed by atoms with Gasteiger partial charge in [0.25, 0.3) is 0 Å². The van der Waals surface area contributed by atoms with Crippen molar-refractivity contribution in [2.45, 2.75) is 26.7 Å². The molecule has 0 radical (unpaired) electrons. The minimum absolute atomic E-state index is 0.0148. The van der Waals surface area contributed by atoms with Gasteiger partial charge in [-0.1, -0.05) is 84.0 Å². The molecular formula is C43H40N4O2S. The molecule has 1 saturated heterocycles. The Kier molecular flexibility index (Phi) is 7.15. The van der Waals surface area contributed by atoms with Crippen LogP contribution >= 0.6 is 12.2 Å². The second kappa shape index (κ2) is 11.5. The van der Waals surface area contributed by atoms with E-state index in [0.717, 1.165) is 23.5 Å². The first-order valence-corrected chi connectivity index (χ1v) is 18.2. The van der Waals surface area contributed by atoms with Crippen molar-refractivity contribution in [1.29, 1.82) is 0 Å². The Labute approximate surface area is 296 Å². The van der Waals surface area contributed by atoms with E-state index in [1.807, 2.05) is 13.8 Å². The quantitative estimate of drug-likeness (QED) is 0.193. The smallest absolute Gasteiger partial charge is 0.233 e. The van der Waals surface area contributed by atoms with E-state index in [9.17, 15) is 9.59 Å². The first kappa shape index (κ1) is 31.0. The normalized spacial score (nSPS) is 25.2. The summed E-state index contributed by atoms with van der Waals surface area (Å²) in [4.78, 5) is 32.1. The van der Waals surface area contributed by atoms with Crippen molar-refractivity contribution in [3.05, 3.63) is 107 Å². The number of hydrogen-bond acceptors (Lipinski definition) is 3. The molecule has 3 heterocycles. The molecule has 6 nitrogen and oxygen atoms in total. The van der Waals surface area contributed by atoms with Crippen LogP contribution in [0.25, 0.3) is 55.5 Å². The van der Waals surface area contributed by atoms with Crippen molar-refractivity contribution in [3.63, 3.8) is 0 Å². The molecule has 50 heavy (non-hydrogen) atoms. The summed E-state index contributed by atoms with van der Waals surface area (Å²) in [5, 5.41) is 10.1. The van der Waals surface area contributed by atoms with Crippen molar-refractivity contribution in [1.82, 2.24) is 18.9 Å². The van der Waals surface area contributed by atoms with Gasteiger partial charge in [0.15, 0.2) is 5.11 Å². The minimum Gasteiger partial charge on any atom is -0.344 e. The van der Waals surface area contributed by atoms with Crippen molar-refractivity contribution < 1.29 is 9.59 Å². The van der Waals surface area contributed by atoms with E-state index in [1.54, 1.807) is 9.80 Å². The number of benzene rings is 4. The van der Waals surface area contributed by atoms with Crippen molar-refractivity contribution >= 4 is 84.6 Å². The van der Waals surface area contributed by atoms with Gasteiger partial charge in [-0.3, -0.25) is 19.4 Å². The van der Waals surface area contributed by atoms with Gasteiger partial charge in [0.1, 0.15) is 0 Å². The Morgan fingerprint density at radius 1 is 0.600 bits per heavy atom. The van der Waals surface area contributed by atoms with E-state index >= 15 is 0 Å². The number of thiocarbonyl (C=S) groups is 1. The van der Waals surface area contributed by atoms with Crippen LogP contribution < -0.4 is 10.7 Å². The lowest BCUT2D eigenvalue weighted by Crippen LogP contribution is -2.58. The summed E-state index contributed by atoms with van der Waals surface area (Å²) in [5.74, 6) is -1.02. The Morgan fingerprint density at radius 2 is 1.00 bits per heavy atom. The van der Waals surface area contributed by atoms with E-state index in [-0.39, 0.29) is 23.7 Å². The van der Waals surface area contributed by atoms with Gasteiger partial charge in [0, 0.05) is 70.5 Å². The molecule has 2 amide bonds. The lowest BCUT2D eigenvalue weighted by atomic mass is 9.48. The van der Waals surface area contributed by atoms with Crippen LogP contribution in [0.3, 0.4) is 0 Å². The third-order valence-corrected chi connectivity index (χ3v) is 12.4. The first-order valence-electron chi connectivity index (χ1n) is 17.8. The summed E-state index contributed by atoms with van der Waals surface area (Å²) in [6.07, 6.45) is 10.7. The molecule has 0 bridgehead atoms. The standard InChI is InChI=1S/C43H40N4O2S/c1-5-46-41(48)39-37-27(21-23-31-29-15-7-11-25-13-9-17-33(35(25)29)44(31)3)19-20-28(38(37)40(39)42(49)47(6-2)43(46)50)22-24-32-30-16-8-12-26-14-10-18-34(36(26)30)45(32)4/h7-18,21-24,37-40H,5-6,19-20H2,1-4H3/b27-21-,28-22-,31-23-,32-24-. The van der Waals surface area contributed by atoms with Gasteiger partial charge in [-0.25, -0.2) is 0 Å². The van der Waals surface area contributed by atoms with Crippen LogP contribution in [0.1, 0.15) is 26.7 Å². The molecule has 6 aromatic rings. The Balaban J connectivity index is 1.21. The van der Waals surface area contributed by atoms with Gasteiger partial charge in [-0.2, -0.15) is 0 Å². The maximum atomic E-state index is 14.4. The lowest BCUT2D eigenvalue weighted by molar-refractivity contribution is -0.154. The number of carbonyl (C=O) groups is 2. The summed E-state index contributed by atoms with van der Waals surface area (Å²) >= 11 is 5.80. The fraction of sp³-hybridized carbons (Fsp3) is 0.279. The van der Waals surface area contributed by atoms with Crippen molar-refractivity contribution in [2.24, 2.45) is 37.8 Å². The van der Waals surface area contributed by atoms with Crippen molar-refractivity contribution in [3.8, 4) is 0 Å². The van der Waals surface area contributed by atoms with Crippen LogP contribution in [0.4, 0.5) is 0 Å². The van der Waals surface area contributed by atoms with Crippen LogP contribution in [0.15, 0.2) is 96.1 Å². The van der Waals surface area contributed by atoms with Crippen LogP contribution in [-0.4, -0.2) is 49.0 Å². The minimum atomic E-state index is -0.433. The summed E-state index contributed by atoms with van der Waals surface area (Å²) in [6.45, 7) is 4.80. The molecule has 4 unspecified atom stereocenters. The molecule has 2 aliphatic carbocycles. The summed E-state index contributed by atoms with van der Waals surface area (Å²) in [6, 6.07) is 25.9. The third kappa shape index (κ3) is 4.22. The highest BCUT2D eigenvalue weighted by Crippen LogP contribution is 2.59. The van der Waals surface area contributed by atoms with Gasteiger partial charge in [0.2, 0.25) is 11.8 Å². The zero-order valence-electron chi connectivity index (χ0n) is 28.9. The molecule has 4 aromatic carbocycles. The van der Waals surface area contributed by atoms with Gasteiger partial charge in [-0.15, -0.1) is 0 Å². The molecule has 2 saturated carbocycles. The molecule has 0 N–H and O–H groups in total. The van der Waals surface area contributed by atoms with Gasteiger partial charge < -0.3 is 9.13 Å². The average molecular weight is 677 g/mol. The fourth-order valence-electron chi connectivity index (χ4n) is 9.60. The van der Waals surface area contributed by atoms with Crippen LogP contribution in [0, 0.1) is 23.7 Å². The Morgan fingerprint density at radius 3 is 1.40 bits per heavy atom. The highest BCUT2D eigenvalue weighted by atomic mass is 32.1. The van der Waals surface area contributed by atoms with E-state index in [1.165, 1.54) is 54.5 Å². The molecule has 9 rings (SSSR count). The van der Waals surface area contributed by atoms with E-state index in [2.05, 4.69) is 120 Å². The highest BCUT2D eigenvalue weighted by molar-refractivity contribution is 7.80. The van der Waals surface area contributed by atoms with Crippen LogP contribution in [0.2, 0.25) is 0 Å². The predicted octanol–water partition coefficient (Wildman–Crippen LogP) is 6.80. The Bertz CT molecular complexity index is 2410. The molecule has 7 heteroatoms. The van der Waals surface area contributed by atoms with Gasteiger partial charge in [0.05, 0.1) is 11.8 Å². The highest BCUT2D eigenvalue weighted by Gasteiger charge is 2.63. The number of carbonyl (C=O) groups excluding carboxylic acids is 2. The number of hydrogen-bond donors (Lipinski definition) is 0. The van der Waals surface area contributed by atoms with Gasteiger partial charge >= 0.3 is 0 Å². The SMILES string of the molecule is CCN1C(=O)C2C(C(=O)N(CC)C1=S)C1/C(=C\C=c3\c4cccc5cccc(c54)n3C)CC/C(=C/C=c3/c4cccc5cccc(c54)n3C)C21. The van der Waals surface area contributed by atoms with Gasteiger partial charge in [-0.05, 0) is 85.8 Å². The summed E-state index contributed by atoms with van der Waals surface area (Å²) < 4.78 is 4.53. The molecule has 250 valence electrons. The monoisotopic (exact) mass is 676 g/mol. The van der Waals surface area contributed by atoms with Crippen molar-refractivity contribution in [2.75, 3.05) is 13.1 Å². The maximum Gasteiger partial charge on any atom is 0.233 e. The zero-order chi connectivity index (χ0) is 34.4. The average Bonchev–Trinajstić information content (AvgIpc) is 3.53. The first-order chi connectivity index (χ1) is 24.3. The molecule has 0 spiro atoms. The number of amides is 2. The van der Waals surface area contributed by atoms with E-state index in [0.29, 0.717) is 18.2 Å². The Hall–Kier alpha value is -5.01. The lowest BCUT2D eigenvalue weighted by Gasteiger charge is -2.54. The summed E-state index contributed by atoms with van der Waals surface area (Å²) in [7, 11) is 4.25. The number of fused-ring (bicyclic) bond motifs is 4. The third-order valence-electron chi connectivity index (χ3n) is 12.0. The van der Waals surface area contributed by atoms with E-state index in [4.69, 9.17) is 12.2 Å². The number of allylic oxidation sites excluding steroid dienone is 4. The molecule has 3 fully saturated rings. The zero-order valence-corrected chi connectivity index (χ0v) is 29.7. The number of aromatic nitrogens is 2. The summed E-state index contributed by atoms with van der Waals surface area (Å²) in [5.41, 5.74) is 4.90.